The van der Waals surface area contributed by atoms with Gasteiger partial charge in [-0.3, -0.25) is 14.2 Å². The van der Waals surface area contributed by atoms with Crippen LogP contribution in [0.25, 0.3) is 11.0 Å². The summed E-state index contributed by atoms with van der Waals surface area (Å²) < 4.78 is 1.63. The Morgan fingerprint density at radius 3 is 2.18 bits per heavy atom. The zero-order chi connectivity index (χ0) is 22.9. The number of rotatable bonds is 4. The minimum Gasteiger partial charge on any atom is -0.349 e. The van der Waals surface area contributed by atoms with Crippen LogP contribution in [0.5, 0.6) is 0 Å². The maximum atomic E-state index is 13.4. The van der Waals surface area contributed by atoms with Crippen molar-refractivity contribution in [3.8, 4) is 0 Å². The quantitative estimate of drug-likeness (QED) is 0.548. The van der Waals surface area contributed by atoms with E-state index in [2.05, 4.69) is 10.3 Å². The fourth-order valence-corrected chi connectivity index (χ4v) is 4.85. The Hall–Kier alpha value is -2.95. The number of carbonyl (C=O) groups is 1. The number of pyridine rings is 2. The van der Waals surface area contributed by atoms with Crippen molar-refractivity contribution in [2.75, 3.05) is 0 Å². The van der Waals surface area contributed by atoms with E-state index in [1.165, 1.54) is 44.9 Å². The molecule has 1 aliphatic carbocycles. The SMILES string of the molecule is O=C(NC1CCCCCCCCCCC1)c1cc2cccnc2n(Cc2ccccc2)c1=O. The number of hydrogen-bond acceptors (Lipinski definition) is 3. The van der Waals surface area contributed by atoms with Gasteiger partial charge in [0.25, 0.3) is 11.5 Å². The highest BCUT2D eigenvalue weighted by Crippen LogP contribution is 2.18. The zero-order valence-electron chi connectivity index (χ0n) is 19.5. The van der Waals surface area contributed by atoms with Crippen LogP contribution < -0.4 is 10.9 Å². The van der Waals surface area contributed by atoms with E-state index in [9.17, 15) is 9.59 Å². The molecular formula is C28H35N3O2. The van der Waals surface area contributed by atoms with Gasteiger partial charge >= 0.3 is 0 Å². The first-order valence-corrected chi connectivity index (χ1v) is 12.6. The Morgan fingerprint density at radius 2 is 1.52 bits per heavy atom. The van der Waals surface area contributed by atoms with E-state index >= 15 is 0 Å². The van der Waals surface area contributed by atoms with E-state index < -0.39 is 0 Å². The third-order valence-electron chi connectivity index (χ3n) is 6.72. The first-order chi connectivity index (χ1) is 16.2. The topological polar surface area (TPSA) is 64.0 Å². The predicted octanol–water partition coefficient (Wildman–Crippen LogP) is 5.85. The van der Waals surface area contributed by atoms with Gasteiger partial charge in [-0.05, 0) is 36.6 Å². The van der Waals surface area contributed by atoms with Gasteiger partial charge in [-0.15, -0.1) is 0 Å². The molecule has 1 fully saturated rings. The molecule has 0 radical (unpaired) electrons. The highest BCUT2D eigenvalue weighted by molar-refractivity contribution is 5.97. The van der Waals surface area contributed by atoms with Crippen molar-refractivity contribution in [2.45, 2.75) is 83.2 Å². The lowest BCUT2D eigenvalue weighted by molar-refractivity contribution is 0.0929. The molecule has 0 unspecified atom stereocenters. The van der Waals surface area contributed by atoms with Crippen molar-refractivity contribution in [1.29, 1.82) is 0 Å². The Labute approximate surface area is 196 Å². The molecular weight excluding hydrogens is 410 g/mol. The van der Waals surface area contributed by atoms with Crippen molar-refractivity contribution >= 4 is 16.9 Å². The van der Waals surface area contributed by atoms with Crippen molar-refractivity contribution in [1.82, 2.24) is 14.9 Å². The molecule has 5 heteroatoms. The summed E-state index contributed by atoms with van der Waals surface area (Å²) in [6, 6.07) is 15.4. The highest BCUT2D eigenvalue weighted by Gasteiger charge is 2.20. The van der Waals surface area contributed by atoms with Gasteiger partial charge in [0.15, 0.2) is 0 Å². The third-order valence-corrected chi connectivity index (χ3v) is 6.72. The van der Waals surface area contributed by atoms with Crippen molar-refractivity contribution in [3.63, 3.8) is 0 Å². The molecule has 1 aliphatic rings. The number of benzene rings is 1. The molecule has 33 heavy (non-hydrogen) atoms. The molecule has 0 atom stereocenters. The first kappa shape index (κ1) is 23.2. The minimum atomic E-state index is -0.282. The van der Waals surface area contributed by atoms with E-state index in [0.717, 1.165) is 36.6 Å². The molecule has 0 spiro atoms. The first-order valence-electron chi connectivity index (χ1n) is 12.6. The summed E-state index contributed by atoms with van der Waals surface area (Å²) in [7, 11) is 0. The van der Waals surface area contributed by atoms with Gasteiger partial charge in [-0.1, -0.05) is 88.1 Å². The number of hydrogen-bond donors (Lipinski definition) is 1. The Kier molecular flexibility index (Phi) is 8.29. The summed E-state index contributed by atoms with van der Waals surface area (Å²) >= 11 is 0. The Bertz CT molecular complexity index is 1100. The second-order valence-corrected chi connectivity index (χ2v) is 9.28. The highest BCUT2D eigenvalue weighted by atomic mass is 16.2. The van der Waals surface area contributed by atoms with Crippen molar-refractivity contribution < 1.29 is 4.79 Å². The van der Waals surface area contributed by atoms with Gasteiger partial charge in [-0.25, -0.2) is 4.98 Å². The molecule has 1 aromatic carbocycles. The molecule has 0 saturated heterocycles. The van der Waals surface area contributed by atoms with Crippen LogP contribution in [0, 0.1) is 0 Å². The summed E-state index contributed by atoms with van der Waals surface area (Å²) in [6.07, 6.45) is 14.9. The van der Waals surface area contributed by atoms with Crippen LogP contribution in [0.3, 0.4) is 0 Å². The monoisotopic (exact) mass is 445 g/mol. The molecule has 0 bridgehead atoms. The molecule has 5 nitrogen and oxygen atoms in total. The summed E-state index contributed by atoms with van der Waals surface area (Å²) in [5.74, 6) is -0.260. The van der Waals surface area contributed by atoms with Crippen molar-refractivity contribution in [3.05, 3.63) is 76.2 Å². The summed E-state index contributed by atoms with van der Waals surface area (Å²) in [4.78, 5) is 31.2. The van der Waals surface area contributed by atoms with Crippen LogP contribution in [0.2, 0.25) is 0 Å². The molecule has 2 aromatic heterocycles. The molecule has 1 saturated carbocycles. The molecule has 4 rings (SSSR count). The number of amides is 1. The van der Waals surface area contributed by atoms with Crippen LogP contribution in [-0.2, 0) is 6.54 Å². The Balaban J connectivity index is 1.58. The molecule has 174 valence electrons. The second kappa shape index (κ2) is 11.8. The van der Waals surface area contributed by atoms with E-state index in [4.69, 9.17) is 0 Å². The Morgan fingerprint density at radius 1 is 0.879 bits per heavy atom. The number of carbonyl (C=O) groups excluding carboxylic acids is 1. The van der Waals surface area contributed by atoms with Gasteiger partial charge in [0.1, 0.15) is 11.2 Å². The third kappa shape index (κ3) is 6.31. The van der Waals surface area contributed by atoms with E-state index in [1.54, 1.807) is 16.8 Å². The van der Waals surface area contributed by atoms with Crippen LogP contribution in [0.1, 0.15) is 86.6 Å². The predicted molar refractivity (Wildman–Crippen MR) is 134 cm³/mol. The van der Waals surface area contributed by atoms with E-state index in [-0.39, 0.29) is 23.1 Å². The normalized spacial score (nSPS) is 16.6. The lowest BCUT2D eigenvalue weighted by Crippen LogP contribution is -2.39. The van der Waals surface area contributed by atoms with Gasteiger partial charge in [0, 0.05) is 17.6 Å². The fraction of sp³-hybridized carbons (Fsp3) is 0.464. The fourth-order valence-electron chi connectivity index (χ4n) is 4.85. The number of fused-ring (bicyclic) bond motifs is 1. The van der Waals surface area contributed by atoms with Gasteiger partial charge in [-0.2, -0.15) is 0 Å². The average Bonchev–Trinajstić information content (AvgIpc) is 2.83. The molecule has 3 aromatic rings. The maximum Gasteiger partial charge on any atom is 0.265 e. The van der Waals surface area contributed by atoms with Gasteiger partial charge in [0.2, 0.25) is 0 Å². The lowest BCUT2D eigenvalue weighted by atomic mass is 9.97. The van der Waals surface area contributed by atoms with Crippen LogP contribution in [0.15, 0.2) is 59.5 Å². The molecule has 2 heterocycles. The molecule has 1 N–H and O–H groups in total. The second-order valence-electron chi connectivity index (χ2n) is 9.28. The summed E-state index contributed by atoms with van der Waals surface area (Å²) in [6.45, 7) is 0.387. The number of nitrogens with zero attached hydrogens (tertiary/aromatic N) is 2. The van der Waals surface area contributed by atoms with Crippen molar-refractivity contribution in [2.24, 2.45) is 0 Å². The number of aromatic nitrogens is 2. The number of nitrogens with one attached hydrogen (secondary N) is 1. The van der Waals surface area contributed by atoms with Crippen LogP contribution in [-0.4, -0.2) is 21.5 Å². The standard InChI is InChI=1S/C28H35N3O2/c32-27(30-24-17-11-6-4-2-1-3-5-7-12-18-24)25-20-23-16-13-19-29-26(23)31(28(25)33)21-22-14-9-8-10-15-22/h8-10,13-16,19-20,24H,1-7,11-12,17-18,21H2,(H,30,32). The minimum absolute atomic E-state index is 0.128. The van der Waals surface area contributed by atoms with Crippen LogP contribution in [0.4, 0.5) is 0 Å². The van der Waals surface area contributed by atoms with Crippen LogP contribution >= 0.6 is 0 Å². The summed E-state index contributed by atoms with van der Waals surface area (Å²) in [5, 5.41) is 4.01. The summed E-state index contributed by atoms with van der Waals surface area (Å²) in [5.41, 5.74) is 1.53. The lowest BCUT2D eigenvalue weighted by Gasteiger charge is -2.20. The smallest absolute Gasteiger partial charge is 0.265 e. The van der Waals surface area contributed by atoms with Gasteiger partial charge < -0.3 is 5.32 Å². The maximum absolute atomic E-state index is 13.4. The largest absolute Gasteiger partial charge is 0.349 e. The van der Waals surface area contributed by atoms with E-state index in [1.807, 2.05) is 42.5 Å². The van der Waals surface area contributed by atoms with E-state index in [0.29, 0.717) is 12.2 Å². The zero-order valence-corrected chi connectivity index (χ0v) is 19.5. The molecule has 0 aliphatic heterocycles. The molecule has 1 amide bonds. The van der Waals surface area contributed by atoms with Gasteiger partial charge in [0.05, 0.1) is 6.54 Å². The average molecular weight is 446 g/mol.